The first-order valence-corrected chi connectivity index (χ1v) is 6.24. The van der Waals surface area contributed by atoms with E-state index in [-0.39, 0.29) is 0 Å². The summed E-state index contributed by atoms with van der Waals surface area (Å²) in [6.45, 7) is 4.14. The highest BCUT2D eigenvalue weighted by molar-refractivity contribution is 5.31. The average molecular weight is 229 g/mol. The van der Waals surface area contributed by atoms with E-state index >= 15 is 0 Å². The topological polar surface area (TPSA) is 44.0 Å². The van der Waals surface area contributed by atoms with Gasteiger partial charge in [-0.15, -0.1) is 0 Å². The van der Waals surface area contributed by atoms with Crippen LogP contribution in [-0.2, 0) is 0 Å². The van der Waals surface area contributed by atoms with E-state index in [1.54, 1.807) is 0 Å². The summed E-state index contributed by atoms with van der Waals surface area (Å²) in [5, 5.41) is 20.0. The van der Waals surface area contributed by atoms with Crippen molar-refractivity contribution in [1.82, 2.24) is 0 Å². The van der Waals surface area contributed by atoms with Crippen molar-refractivity contribution in [2.45, 2.75) is 39.2 Å². The Morgan fingerprint density at radius 3 is 2.71 bits per heavy atom. The Morgan fingerprint density at radius 1 is 1.47 bits per heavy atom. The summed E-state index contributed by atoms with van der Waals surface area (Å²) in [7, 11) is 0. The molecule has 0 amide bonds. The second kappa shape index (κ2) is 4.50. The predicted octanol–water partition coefficient (Wildman–Crippen LogP) is 3.36. The molecule has 90 valence electrons. The molecule has 1 fully saturated rings. The quantitative estimate of drug-likeness (QED) is 0.845. The van der Waals surface area contributed by atoms with Crippen molar-refractivity contribution in [2.75, 3.05) is 0 Å². The second-order valence-corrected chi connectivity index (χ2v) is 5.38. The van der Waals surface area contributed by atoms with Gasteiger partial charge in [-0.2, -0.15) is 5.26 Å². The molecule has 2 nitrogen and oxygen atoms in total. The smallest absolute Gasteiger partial charge is 0.0978 e. The van der Waals surface area contributed by atoms with E-state index in [1.165, 1.54) is 0 Å². The molecular formula is C15H19NO. The Bertz CT molecular complexity index is 448. The summed E-state index contributed by atoms with van der Waals surface area (Å²) >= 11 is 0. The third-order valence-corrected chi connectivity index (χ3v) is 4.03. The molecule has 2 rings (SSSR count). The van der Waals surface area contributed by atoms with Gasteiger partial charge < -0.3 is 5.11 Å². The first kappa shape index (κ1) is 12.1. The third kappa shape index (κ3) is 2.08. The number of nitriles is 1. The summed E-state index contributed by atoms with van der Waals surface area (Å²) in [6, 6.07) is 10.2. The maximum atomic E-state index is 10.5. The standard InChI is InChI=1S/C15H19NO/c1-11-7-8-15(9-11,10-16)14(17)13-6-4-3-5-12(13)2/h3-6,11,14,17H,7-9H2,1-2H3. The minimum atomic E-state index is -0.654. The van der Waals surface area contributed by atoms with Crippen molar-refractivity contribution < 1.29 is 5.11 Å². The zero-order valence-electron chi connectivity index (χ0n) is 10.5. The molecular weight excluding hydrogens is 210 g/mol. The maximum absolute atomic E-state index is 10.5. The van der Waals surface area contributed by atoms with E-state index in [2.05, 4.69) is 13.0 Å². The minimum Gasteiger partial charge on any atom is -0.387 e. The van der Waals surface area contributed by atoms with Crippen LogP contribution in [0.1, 0.15) is 43.4 Å². The molecule has 1 aromatic rings. The second-order valence-electron chi connectivity index (χ2n) is 5.38. The number of nitrogens with zero attached hydrogens (tertiary/aromatic N) is 1. The van der Waals surface area contributed by atoms with Crippen LogP contribution in [0.3, 0.4) is 0 Å². The van der Waals surface area contributed by atoms with Gasteiger partial charge in [-0.3, -0.25) is 0 Å². The van der Waals surface area contributed by atoms with Gasteiger partial charge in [0.05, 0.1) is 17.6 Å². The zero-order chi connectivity index (χ0) is 12.5. The van der Waals surface area contributed by atoms with Gasteiger partial charge in [0.2, 0.25) is 0 Å². The number of aliphatic hydroxyl groups is 1. The van der Waals surface area contributed by atoms with E-state index in [0.717, 1.165) is 30.4 Å². The lowest BCUT2D eigenvalue weighted by atomic mass is 9.77. The highest BCUT2D eigenvalue weighted by atomic mass is 16.3. The van der Waals surface area contributed by atoms with Crippen LogP contribution in [0.5, 0.6) is 0 Å². The van der Waals surface area contributed by atoms with E-state index in [1.807, 2.05) is 31.2 Å². The number of hydrogen-bond acceptors (Lipinski definition) is 2. The molecule has 0 aromatic heterocycles. The van der Waals surface area contributed by atoms with Gasteiger partial charge >= 0.3 is 0 Å². The fourth-order valence-corrected chi connectivity index (χ4v) is 2.93. The van der Waals surface area contributed by atoms with E-state index < -0.39 is 11.5 Å². The summed E-state index contributed by atoms with van der Waals surface area (Å²) in [4.78, 5) is 0. The predicted molar refractivity (Wildman–Crippen MR) is 67.2 cm³/mol. The van der Waals surface area contributed by atoms with Gasteiger partial charge in [-0.1, -0.05) is 31.2 Å². The molecule has 0 spiro atoms. The van der Waals surface area contributed by atoms with Crippen LogP contribution >= 0.6 is 0 Å². The van der Waals surface area contributed by atoms with E-state index in [4.69, 9.17) is 0 Å². The van der Waals surface area contributed by atoms with Crippen LogP contribution in [-0.4, -0.2) is 5.11 Å². The lowest BCUT2D eigenvalue weighted by Crippen LogP contribution is -2.25. The van der Waals surface area contributed by atoms with Crippen LogP contribution < -0.4 is 0 Å². The molecule has 3 unspecified atom stereocenters. The molecule has 0 saturated heterocycles. The maximum Gasteiger partial charge on any atom is 0.0978 e. The van der Waals surface area contributed by atoms with Crippen molar-refractivity contribution in [2.24, 2.45) is 11.3 Å². The Hall–Kier alpha value is -1.33. The van der Waals surface area contributed by atoms with Crippen molar-refractivity contribution in [1.29, 1.82) is 5.26 Å². The lowest BCUT2D eigenvalue weighted by molar-refractivity contribution is 0.0642. The molecule has 1 saturated carbocycles. The van der Waals surface area contributed by atoms with Crippen molar-refractivity contribution in [3.05, 3.63) is 35.4 Å². The molecule has 2 heteroatoms. The summed E-state index contributed by atoms with van der Waals surface area (Å²) in [6.07, 6.45) is 1.99. The van der Waals surface area contributed by atoms with Crippen molar-refractivity contribution in [3.63, 3.8) is 0 Å². The molecule has 0 aliphatic heterocycles. The first-order chi connectivity index (χ1) is 8.09. The molecule has 1 aromatic carbocycles. The number of rotatable bonds is 2. The molecule has 1 aliphatic rings. The van der Waals surface area contributed by atoms with Crippen molar-refractivity contribution >= 4 is 0 Å². The van der Waals surface area contributed by atoms with Gasteiger partial charge in [-0.25, -0.2) is 0 Å². The minimum absolute atomic E-state index is 0.535. The SMILES string of the molecule is Cc1ccccc1C(O)C1(C#N)CCC(C)C1. The fourth-order valence-electron chi connectivity index (χ4n) is 2.93. The average Bonchev–Trinajstić information content (AvgIpc) is 2.72. The van der Waals surface area contributed by atoms with E-state index in [0.29, 0.717) is 5.92 Å². The molecule has 0 radical (unpaired) electrons. The summed E-state index contributed by atoms with van der Waals surface area (Å²) in [5.74, 6) is 0.535. The summed E-state index contributed by atoms with van der Waals surface area (Å²) in [5.41, 5.74) is 1.39. The van der Waals surface area contributed by atoms with Crippen LogP contribution in [0.2, 0.25) is 0 Å². The number of benzene rings is 1. The highest BCUT2D eigenvalue weighted by Crippen LogP contribution is 2.49. The molecule has 17 heavy (non-hydrogen) atoms. The summed E-state index contributed by atoms with van der Waals surface area (Å²) < 4.78 is 0. The largest absolute Gasteiger partial charge is 0.387 e. The van der Waals surface area contributed by atoms with Gasteiger partial charge in [0, 0.05) is 0 Å². The van der Waals surface area contributed by atoms with Gasteiger partial charge in [0.15, 0.2) is 0 Å². The molecule has 3 atom stereocenters. The number of aliphatic hydroxyl groups excluding tert-OH is 1. The number of aryl methyl sites for hydroxylation is 1. The zero-order valence-corrected chi connectivity index (χ0v) is 10.5. The molecule has 0 heterocycles. The van der Waals surface area contributed by atoms with Crippen LogP contribution in [0.15, 0.2) is 24.3 Å². The van der Waals surface area contributed by atoms with E-state index in [9.17, 15) is 10.4 Å². The Labute approximate surface area is 103 Å². The van der Waals surface area contributed by atoms with Gasteiger partial charge in [-0.05, 0) is 43.2 Å². The molecule has 1 aliphatic carbocycles. The van der Waals surface area contributed by atoms with Crippen molar-refractivity contribution in [3.8, 4) is 6.07 Å². The highest BCUT2D eigenvalue weighted by Gasteiger charge is 2.44. The van der Waals surface area contributed by atoms with Crippen LogP contribution in [0.25, 0.3) is 0 Å². The monoisotopic (exact) mass is 229 g/mol. The Balaban J connectivity index is 2.34. The first-order valence-electron chi connectivity index (χ1n) is 6.24. The molecule has 1 N–H and O–H groups in total. The third-order valence-electron chi connectivity index (χ3n) is 4.03. The van der Waals surface area contributed by atoms with Gasteiger partial charge in [0.25, 0.3) is 0 Å². The lowest BCUT2D eigenvalue weighted by Gasteiger charge is -2.28. The Morgan fingerprint density at radius 2 is 2.18 bits per heavy atom. The number of hydrogen-bond donors (Lipinski definition) is 1. The van der Waals surface area contributed by atoms with Crippen LogP contribution in [0.4, 0.5) is 0 Å². The normalized spacial score (nSPS) is 29.9. The Kier molecular flexibility index (Phi) is 3.22. The van der Waals surface area contributed by atoms with Crippen LogP contribution in [0, 0.1) is 29.6 Å². The fraction of sp³-hybridized carbons (Fsp3) is 0.533. The van der Waals surface area contributed by atoms with Gasteiger partial charge in [0.1, 0.15) is 0 Å². The molecule has 0 bridgehead atoms.